The Balaban J connectivity index is 2.24. The molecule has 0 saturated carbocycles. The van der Waals surface area contributed by atoms with Crippen LogP contribution in [0.25, 0.3) is 0 Å². The third-order valence-electron chi connectivity index (χ3n) is 3.34. The molecule has 0 aromatic heterocycles. The van der Waals surface area contributed by atoms with E-state index in [1.54, 1.807) is 0 Å². The summed E-state index contributed by atoms with van der Waals surface area (Å²) in [4.78, 5) is 0. The van der Waals surface area contributed by atoms with Crippen LogP contribution < -0.4 is 10.5 Å². The summed E-state index contributed by atoms with van der Waals surface area (Å²) in [5.74, 6) is 0.980. The van der Waals surface area contributed by atoms with Crippen molar-refractivity contribution in [2.24, 2.45) is 5.73 Å². The lowest BCUT2D eigenvalue weighted by atomic mass is 10.1. The summed E-state index contributed by atoms with van der Waals surface area (Å²) in [5, 5.41) is 0. The van der Waals surface area contributed by atoms with Gasteiger partial charge in [-0.1, -0.05) is 13.0 Å². The highest BCUT2D eigenvalue weighted by Gasteiger charge is 2.03. The van der Waals surface area contributed by atoms with Gasteiger partial charge in [0.2, 0.25) is 0 Å². The van der Waals surface area contributed by atoms with Gasteiger partial charge < -0.3 is 15.2 Å². The van der Waals surface area contributed by atoms with Crippen molar-refractivity contribution >= 4 is 0 Å². The number of hydrogen-bond donors (Lipinski definition) is 1. The van der Waals surface area contributed by atoms with Gasteiger partial charge >= 0.3 is 0 Å². The second-order valence-corrected chi connectivity index (χ2v) is 5.15. The highest BCUT2D eigenvalue weighted by molar-refractivity contribution is 5.40. The Morgan fingerprint density at radius 2 is 1.74 bits per heavy atom. The summed E-state index contributed by atoms with van der Waals surface area (Å²) in [6, 6.07) is 4.43. The number of nitrogens with two attached hydrogens (primary N) is 1. The van der Waals surface area contributed by atoms with E-state index in [1.165, 1.54) is 16.7 Å². The Bertz CT molecular complexity index is 391. The molecular weight excluding hydrogens is 238 g/mol. The average Bonchev–Trinajstić information content (AvgIpc) is 2.38. The summed E-state index contributed by atoms with van der Waals surface area (Å²) in [6.45, 7) is 10.4. The van der Waals surface area contributed by atoms with E-state index in [0.717, 1.165) is 18.6 Å². The molecule has 0 saturated heterocycles. The van der Waals surface area contributed by atoms with Gasteiger partial charge in [-0.25, -0.2) is 0 Å². The SMILES string of the molecule is CCC(N)COCCCOc1cc(C)c(C)cc1C. The Hall–Kier alpha value is -1.06. The van der Waals surface area contributed by atoms with Gasteiger partial charge in [0.15, 0.2) is 0 Å². The molecule has 0 heterocycles. The number of ether oxygens (including phenoxy) is 2. The molecule has 0 aliphatic carbocycles. The van der Waals surface area contributed by atoms with Gasteiger partial charge in [-0.15, -0.1) is 0 Å². The molecule has 0 spiro atoms. The van der Waals surface area contributed by atoms with Crippen molar-refractivity contribution in [3.63, 3.8) is 0 Å². The fourth-order valence-electron chi connectivity index (χ4n) is 1.79. The number of benzene rings is 1. The first-order valence-electron chi connectivity index (χ1n) is 7.08. The van der Waals surface area contributed by atoms with Crippen LogP contribution in [0.3, 0.4) is 0 Å². The van der Waals surface area contributed by atoms with Gasteiger partial charge in [-0.2, -0.15) is 0 Å². The maximum absolute atomic E-state index is 5.79. The Kier molecular flexibility index (Phi) is 6.89. The van der Waals surface area contributed by atoms with Crippen molar-refractivity contribution < 1.29 is 9.47 Å². The molecule has 0 bridgehead atoms. The van der Waals surface area contributed by atoms with E-state index < -0.39 is 0 Å². The number of rotatable bonds is 8. The van der Waals surface area contributed by atoms with Crippen LogP contribution in [0.5, 0.6) is 5.75 Å². The average molecular weight is 265 g/mol. The molecule has 0 aliphatic heterocycles. The molecule has 0 amide bonds. The van der Waals surface area contributed by atoms with Gasteiger partial charge in [-0.3, -0.25) is 0 Å². The van der Waals surface area contributed by atoms with Crippen LogP contribution in [0, 0.1) is 20.8 Å². The van der Waals surface area contributed by atoms with Crippen molar-refractivity contribution in [1.29, 1.82) is 0 Å². The second kappa shape index (κ2) is 8.18. The van der Waals surface area contributed by atoms with Crippen molar-refractivity contribution in [3.05, 3.63) is 28.8 Å². The third-order valence-corrected chi connectivity index (χ3v) is 3.34. The standard InChI is InChI=1S/C16H27NO2/c1-5-15(17)11-18-7-6-8-19-16-10-13(3)12(2)9-14(16)4/h9-10,15H,5-8,11,17H2,1-4H3. The molecule has 1 rings (SSSR count). The maximum Gasteiger partial charge on any atom is 0.122 e. The minimum atomic E-state index is 0.155. The van der Waals surface area contributed by atoms with Crippen LogP contribution in [0.1, 0.15) is 36.5 Å². The van der Waals surface area contributed by atoms with Crippen LogP contribution in [0.15, 0.2) is 12.1 Å². The van der Waals surface area contributed by atoms with Crippen LogP contribution in [0.4, 0.5) is 0 Å². The van der Waals surface area contributed by atoms with Crippen molar-refractivity contribution in [2.75, 3.05) is 19.8 Å². The molecule has 3 heteroatoms. The first-order chi connectivity index (χ1) is 9.04. The molecule has 19 heavy (non-hydrogen) atoms. The fraction of sp³-hybridized carbons (Fsp3) is 0.625. The smallest absolute Gasteiger partial charge is 0.122 e. The molecule has 108 valence electrons. The Morgan fingerprint density at radius 3 is 2.42 bits per heavy atom. The van der Waals surface area contributed by atoms with Crippen LogP contribution >= 0.6 is 0 Å². The molecule has 1 unspecified atom stereocenters. The molecule has 1 aromatic carbocycles. The van der Waals surface area contributed by atoms with E-state index in [9.17, 15) is 0 Å². The van der Waals surface area contributed by atoms with Crippen LogP contribution in [-0.4, -0.2) is 25.9 Å². The van der Waals surface area contributed by atoms with Gasteiger partial charge in [0.05, 0.1) is 13.2 Å². The van der Waals surface area contributed by atoms with E-state index >= 15 is 0 Å². The van der Waals surface area contributed by atoms with Crippen molar-refractivity contribution in [2.45, 2.75) is 46.6 Å². The largest absolute Gasteiger partial charge is 0.493 e. The molecule has 0 fully saturated rings. The van der Waals surface area contributed by atoms with E-state index in [2.05, 4.69) is 39.8 Å². The number of hydrogen-bond acceptors (Lipinski definition) is 3. The molecule has 2 N–H and O–H groups in total. The van der Waals surface area contributed by atoms with E-state index in [0.29, 0.717) is 19.8 Å². The fourth-order valence-corrected chi connectivity index (χ4v) is 1.79. The number of aryl methyl sites for hydroxylation is 3. The van der Waals surface area contributed by atoms with Gasteiger partial charge in [-0.05, 0) is 49.9 Å². The third kappa shape index (κ3) is 5.62. The lowest BCUT2D eigenvalue weighted by Gasteiger charge is -2.12. The highest BCUT2D eigenvalue weighted by atomic mass is 16.5. The quantitative estimate of drug-likeness (QED) is 0.734. The zero-order valence-electron chi connectivity index (χ0n) is 12.7. The summed E-state index contributed by atoms with van der Waals surface area (Å²) in [6.07, 6.45) is 1.85. The molecule has 1 atom stereocenters. The predicted molar refractivity (Wildman–Crippen MR) is 79.9 cm³/mol. The minimum absolute atomic E-state index is 0.155. The lowest BCUT2D eigenvalue weighted by Crippen LogP contribution is -2.25. The normalized spacial score (nSPS) is 12.5. The zero-order valence-corrected chi connectivity index (χ0v) is 12.7. The lowest BCUT2D eigenvalue weighted by molar-refractivity contribution is 0.107. The minimum Gasteiger partial charge on any atom is -0.493 e. The summed E-state index contributed by atoms with van der Waals surface area (Å²) in [7, 11) is 0. The van der Waals surface area contributed by atoms with E-state index in [1.807, 2.05) is 0 Å². The van der Waals surface area contributed by atoms with Gasteiger partial charge in [0.25, 0.3) is 0 Å². The molecular formula is C16H27NO2. The summed E-state index contributed by atoms with van der Waals surface area (Å²) in [5.41, 5.74) is 9.54. The topological polar surface area (TPSA) is 44.5 Å². The molecule has 0 aliphatic rings. The predicted octanol–water partition coefficient (Wildman–Crippen LogP) is 3.13. The van der Waals surface area contributed by atoms with E-state index in [4.69, 9.17) is 15.2 Å². The van der Waals surface area contributed by atoms with Crippen LogP contribution in [0.2, 0.25) is 0 Å². The van der Waals surface area contributed by atoms with Crippen molar-refractivity contribution in [1.82, 2.24) is 0 Å². The van der Waals surface area contributed by atoms with Crippen molar-refractivity contribution in [3.8, 4) is 5.75 Å². The molecule has 3 nitrogen and oxygen atoms in total. The zero-order chi connectivity index (χ0) is 14.3. The highest BCUT2D eigenvalue weighted by Crippen LogP contribution is 2.22. The van der Waals surface area contributed by atoms with E-state index in [-0.39, 0.29) is 6.04 Å². The first-order valence-corrected chi connectivity index (χ1v) is 7.08. The summed E-state index contributed by atoms with van der Waals surface area (Å²) >= 11 is 0. The van der Waals surface area contributed by atoms with Gasteiger partial charge in [0, 0.05) is 19.1 Å². The Morgan fingerprint density at radius 1 is 1.05 bits per heavy atom. The summed E-state index contributed by atoms with van der Waals surface area (Å²) < 4.78 is 11.3. The monoisotopic (exact) mass is 265 g/mol. The molecule has 1 aromatic rings. The van der Waals surface area contributed by atoms with Gasteiger partial charge in [0.1, 0.15) is 5.75 Å². The molecule has 0 radical (unpaired) electrons. The maximum atomic E-state index is 5.79. The first kappa shape index (κ1) is 16.0. The second-order valence-electron chi connectivity index (χ2n) is 5.15. The Labute approximate surface area is 117 Å². The van der Waals surface area contributed by atoms with Crippen LogP contribution in [-0.2, 0) is 4.74 Å².